The molecule has 90 valence electrons. The molecule has 0 spiro atoms. The molecule has 15 heavy (non-hydrogen) atoms. The molecule has 0 saturated carbocycles. The molecule has 0 aliphatic carbocycles. The van der Waals surface area contributed by atoms with Gasteiger partial charge in [0, 0.05) is 18.6 Å². The van der Waals surface area contributed by atoms with E-state index in [-0.39, 0.29) is 12.1 Å². The van der Waals surface area contributed by atoms with E-state index in [1.807, 2.05) is 18.7 Å². The van der Waals surface area contributed by atoms with E-state index in [2.05, 4.69) is 33.0 Å². The van der Waals surface area contributed by atoms with Crippen molar-refractivity contribution in [3.8, 4) is 0 Å². The van der Waals surface area contributed by atoms with Crippen LogP contribution in [0, 0.1) is 5.92 Å². The highest BCUT2D eigenvalue weighted by Crippen LogP contribution is 2.08. The average molecular weight is 214 g/mol. The Hall–Kier alpha value is -0.730. The van der Waals surface area contributed by atoms with Crippen LogP contribution in [-0.4, -0.2) is 29.6 Å². The number of carbonyl (C=O) groups excluding carboxylic acids is 1. The first kappa shape index (κ1) is 14.3. The second-order valence-corrected chi connectivity index (χ2v) is 4.91. The van der Waals surface area contributed by atoms with Gasteiger partial charge in [0.15, 0.2) is 0 Å². The molecule has 0 aliphatic rings. The lowest BCUT2D eigenvalue weighted by Crippen LogP contribution is -2.48. The number of urea groups is 1. The van der Waals surface area contributed by atoms with Gasteiger partial charge in [-0.15, -0.1) is 0 Å². The Morgan fingerprint density at radius 1 is 1.20 bits per heavy atom. The number of amides is 2. The molecule has 0 heterocycles. The molecular weight excluding hydrogens is 188 g/mol. The molecule has 0 saturated heterocycles. The first-order chi connectivity index (χ1) is 6.88. The molecule has 0 bridgehead atoms. The van der Waals surface area contributed by atoms with E-state index >= 15 is 0 Å². The van der Waals surface area contributed by atoms with Crippen LogP contribution in [0.1, 0.15) is 48.0 Å². The van der Waals surface area contributed by atoms with Crippen LogP contribution in [0.5, 0.6) is 0 Å². The summed E-state index contributed by atoms with van der Waals surface area (Å²) in [4.78, 5) is 13.8. The summed E-state index contributed by atoms with van der Waals surface area (Å²) < 4.78 is 0. The maximum atomic E-state index is 11.9. The SMILES string of the molecule is CCC(C)N(CC(C)C)C(=O)NC(C)C. The molecule has 0 aromatic heterocycles. The zero-order valence-electron chi connectivity index (χ0n) is 11.0. The molecule has 1 atom stereocenters. The van der Waals surface area contributed by atoms with Crippen LogP contribution < -0.4 is 5.32 Å². The Kier molecular flexibility index (Phi) is 6.37. The van der Waals surface area contributed by atoms with Gasteiger partial charge in [0.1, 0.15) is 0 Å². The van der Waals surface area contributed by atoms with E-state index < -0.39 is 0 Å². The van der Waals surface area contributed by atoms with Crippen LogP contribution in [0.4, 0.5) is 4.79 Å². The minimum Gasteiger partial charge on any atom is -0.336 e. The van der Waals surface area contributed by atoms with Crippen molar-refractivity contribution < 1.29 is 4.79 Å². The highest BCUT2D eigenvalue weighted by Gasteiger charge is 2.19. The fourth-order valence-corrected chi connectivity index (χ4v) is 1.41. The zero-order chi connectivity index (χ0) is 12.0. The maximum absolute atomic E-state index is 11.9. The normalized spacial score (nSPS) is 13.1. The standard InChI is InChI=1S/C12H26N2O/c1-7-11(6)14(8-9(2)3)12(15)13-10(4)5/h9-11H,7-8H2,1-6H3,(H,13,15). The number of rotatable bonds is 5. The molecule has 0 rings (SSSR count). The Morgan fingerprint density at radius 2 is 1.73 bits per heavy atom. The Morgan fingerprint density at radius 3 is 2.07 bits per heavy atom. The van der Waals surface area contributed by atoms with Crippen molar-refractivity contribution in [1.82, 2.24) is 10.2 Å². The highest BCUT2D eigenvalue weighted by molar-refractivity contribution is 5.74. The molecule has 1 unspecified atom stereocenters. The van der Waals surface area contributed by atoms with Crippen molar-refractivity contribution in [1.29, 1.82) is 0 Å². The third-order valence-electron chi connectivity index (χ3n) is 2.36. The second kappa shape index (κ2) is 6.70. The number of hydrogen-bond acceptors (Lipinski definition) is 1. The van der Waals surface area contributed by atoms with E-state index in [1.54, 1.807) is 0 Å². The largest absolute Gasteiger partial charge is 0.336 e. The Bertz CT molecular complexity index is 190. The van der Waals surface area contributed by atoms with Crippen molar-refractivity contribution in [3.05, 3.63) is 0 Å². The van der Waals surface area contributed by atoms with Crippen LogP contribution in [0.2, 0.25) is 0 Å². The van der Waals surface area contributed by atoms with Crippen molar-refractivity contribution in [2.24, 2.45) is 5.92 Å². The fourth-order valence-electron chi connectivity index (χ4n) is 1.41. The summed E-state index contributed by atoms with van der Waals surface area (Å²) in [5.74, 6) is 0.511. The lowest BCUT2D eigenvalue weighted by atomic mass is 10.1. The predicted molar refractivity (Wildman–Crippen MR) is 65.0 cm³/mol. The number of nitrogens with one attached hydrogen (secondary N) is 1. The third-order valence-corrected chi connectivity index (χ3v) is 2.36. The van der Waals surface area contributed by atoms with Gasteiger partial charge in [-0.05, 0) is 33.1 Å². The molecule has 3 heteroatoms. The van der Waals surface area contributed by atoms with Crippen LogP contribution in [0.3, 0.4) is 0 Å². The minimum absolute atomic E-state index is 0.0630. The number of nitrogens with zero attached hydrogens (tertiary/aromatic N) is 1. The summed E-state index contributed by atoms with van der Waals surface area (Å²) in [6, 6.07) is 0.579. The lowest BCUT2D eigenvalue weighted by molar-refractivity contribution is 0.166. The fraction of sp³-hybridized carbons (Fsp3) is 0.917. The van der Waals surface area contributed by atoms with Gasteiger partial charge < -0.3 is 10.2 Å². The van der Waals surface area contributed by atoms with Gasteiger partial charge in [0.2, 0.25) is 0 Å². The van der Waals surface area contributed by atoms with E-state index in [0.29, 0.717) is 12.0 Å². The van der Waals surface area contributed by atoms with Crippen molar-refractivity contribution in [2.45, 2.75) is 60.0 Å². The summed E-state index contributed by atoms with van der Waals surface area (Å²) in [5.41, 5.74) is 0. The Labute approximate surface area is 94.2 Å². The van der Waals surface area contributed by atoms with Crippen LogP contribution in [0.15, 0.2) is 0 Å². The second-order valence-electron chi connectivity index (χ2n) is 4.91. The first-order valence-corrected chi connectivity index (χ1v) is 5.95. The van der Waals surface area contributed by atoms with E-state index in [4.69, 9.17) is 0 Å². The van der Waals surface area contributed by atoms with Crippen molar-refractivity contribution in [3.63, 3.8) is 0 Å². The molecule has 2 amide bonds. The molecule has 0 aromatic rings. The quantitative estimate of drug-likeness (QED) is 0.750. The van der Waals surface area contributed by atoms with Gasteiger partial charge in [-0.3, -0.25) is 0 Å². The molecule has 0 aliphatic heterocycles. The van der Waals surface area contributed by atoms with E-state index in [9.17, 15) is 4.79 Å². The summed E-state index contributed by atoms with van der Waals surface area (Å²) in [6.45, 7) is 13.3. The number of hydrogen-bond donors (Lipinski definition) is 1. The topological polar surface area (TPSA) is 32.3 Å². The minimum atomic E-state index is 0.0630. The smallest absolute Gasteiger partial charge is 0.317 e. The predicted octanol–water partition coefficient (Wildman–Crippen LogP) is 2.86. The van der Waals surface area contributed by atoms with Crippen LogP contribution in [0.25, 0.3) is 0 Å². The summed E-state index contributed by atoms with van der Waals surface area (Å²) in [7, 11) is 0. The lowest BCUT2D eigenvalue weighted by Gasteiger charge is -2.31. The van der Waals surface area contributed by atoms with Gasteiger partial charge >= 0.3 is 6.03 Å². The Balaban J connectivity index is 4.40. The van der Waals surface area contributed by atoms with Gasteiger partial charge in [0.25, 0.3) is 0 Å². The molecular formula is C12H26N2O. The monoisotopic (exact) mass is 214 g/mol. The van der Waals surface area contributed by atoms with Gasteiger partial charge in [-0.25, -0.2) is 4.79 Å². The van der Waals surface area contributed by atoms with Crippen LogP contribution in [-0.2, 0) is 0 Å². The van der Waals surface area contributed by atoms with Crippen molar-refractivity contribution >= 4 is 6.03 Å². The summed E-state index contributed by atoms with van der Waals surface area (Å²) in [5, 5.41) is 2.95. The molecule has 0 radical (unpaired) electrons. The van der Waals surface area contributed by atoms with Crippen molar-refractivity contribution in [2.75, 3.05) is 6.54 Å². The summed E-state index contributed by atoms with van der Waals surface area (Å²) >= 11 is 0. The van der Waals surface area contributed by atoms with Gasteiger partial charge in [0.05, 0.1) is 0 Å². The van der Waals surface area contributed by atoms with Gasteiger partial charge in [-0.2, -0.15) is 0 Å². The molecule has 1 N–H and O–H groups in total. The first-order valence-electron chi connectivity index (χ1n) is 5.95. The van der Waals surface area contributed by atoms with E-state index in [0.717, 1.165) is 13.0 Å². The van der Waals surface area contributed by atoms with E-state index in [1.165, 1.54) is 0 Å². The molecule has 3 nitrogen and oxygen atoms in total. The maximum Gasteiger partial charge on any atom is 0.317 e. The summed E-state index contributed by atoms with van der Waals surface area (Å²) in [6.07, 6.45) is 0.998. The third kappa shape index (κ3) is 5.65. The molecule has 0 fully saturated rings. The van der Waals surface area contributed by atoms with Crippen LogP contribution >= 0.6 is 0 Å². The van der Waals surface area contributed by atoms with Gasteiger partial charge in [-0.1, -0.05) is 20.8 Å². The highest BCUT2D eigenvalue weighted by atomic mass is 16.2. The average Bonchev–Trinajstić information content (AvgIpc) is 2.11. The number of carbonyl (C=O) groups is 1. The molecule has 0 aromatic carbocycles. The zero-order valence-corrected chi connectivity index (χ0v) is 11.0.